The van der Waals surface area contributed by atoms with Gasteiger partial charge < -0.3 is 0 Å². The van der Waals surface area contributed by atoms with Crippen LogP contribution in [0.25, 0.3) is 24.3 Å². The van der Waals surface area contributed by atoms with Crippen molar-refractivity contribution in [2.75, 3.05) is 0 Å². The Hall–Kier alpha value is -3.00. The van der Waals surface area contributed by atoms with Crippen molar-refractivity contribution in [3.63, 3.8) is 0 Å². The Bertz CT molecular complexity index is 1090. The number of pyridine rings is 2. The number of nitrogens with zero attached hydrogens (tertiary/aromatic N) is 2. The minimum Gasteiger partial charge on any atom is -0.205 e. The van der Waals surface area contributed by atoms with Gasteiger partial charge in [-0.3, -0.25) is 0 Å². The van der Waals surface area contributed by atoms with Gasteiger partial charge in [0.25, 0.3) is 0 Å². The summed E-state index contributed by atoms with van der Waals surface area (Å²) in [4.78, 5) is 0. The Morgan fingerprint density at radius 1 is 0.326 bits per heavy atom. The molecule has 0 N–H and O–H groups in total. The third-order valence-corrected chi connectivity index (χ3v) is 9.25. The average Bonchev–Trinajstić information content (AvgIpc) is 3.09. The van der Waals surface area contributed by atoms with Gasteiger partial charge in [-0.15, -0.1) is 0 Å². The molecule has 0 saturated heterocycles. The Morgan fingerprint density at radius 2 is 0.565 bits per heavy atom. The highest BCUT2D eigenvalue weighted by Crippen LogP contribution is 2.14. The summed E-state index contributed by atoms with van der Waals surface area (Å²) < 4.78 is 4.66. The highest BCUT2D eigenvalue weighted by atomic mass is 14.9. The van der Waals surface area contributed by atoms with Gasteiger partial charge >= 0.3 is 0 Å². The molecule has 1 aromatic carbocycles. The van der Waals surface area contributed by atoms with E-state index in [2.05, 4.69) is 121 Å². The quantitative estimate of drug-likeness (QED) is 0.0621. The lowest BCUT2D eigenvalue weighted by Gasteiger charge is -2.02. The van der Waals surface area contributed by atoms with Crippen LogP contribution in [0.1, 0.15) is 165 Å². The lowest BCUT2D eigenvalue weighted by molar-refractivity contribution is -0.697. The number of unbranched alkanes of at least 4 members (excludes halogenated alkanes) is 18. The summed E-state index contributed by atoms with van der Waals surface area (Å²) >= 11 is 0. The average molecular weight is 623 g/mol. The third kappa shape index (κ3) is 17.6. The lowest BCUT2D eigenvalue weighted by atomic mass is 10.1. The zero-order valence-electron chi connectivity index (χ0n) is 29.7. The molecule has 3 rings (SSSR count). The molecule has 2 heteroatoms. The molecular formula is C44H66N2+2. The standard InChI is InChI=1S/C44H66N2/c1-3-5-7-9-11-13-15-17-19-21-35-45-37-31-43(32-38-45)29-27-41-23-25-42(26-24-41)28-30-44-33-39-46(40-34-44)36-22-20-18-16-14-12-10-8-6-4-2/h23-34,37-40H,3-22,35-36H2,1-2H3/q+2/b29-27+,30-28+. The first kappa shape index (κ1) is 37.5. The summed E-state index contributed by atoms with van der Waals surface area (Å²) in [6.07, 6.45) is 45.5. The molecule has 0 spiro atoms. The molecule has 2 nitrogen and oxygen atoms in total. The van der Waals surface area contributed by atoms with Gasteiger partial charge in [-0.05, 0) is 35.1 Å². The van der Waals surface area contributed by atoms with Crippen molar-refractivity contribution in [3.05, 3.63) is 95.6 Å². The van der Waals surface area contributed by atoms with E-state index in [1.54, 1.807) is 0 Å². The van der Waals surface area contributed by atoms with Crippen molar-refractivity contribution in [2.45, 2.75) is 155 Å². The normalized spacial score (nSPS) is 11.7. The Kier molecular flexibility index (Phi) is 20.5. The molecule has 0 saturated carbocycles. The topological polar surface area (TPSA) is 7.76 Å². The van der Waals surface area contributed by atoms with Crippen LogP contribution in [0.15, 0.2) is 73.3 Å². The van der Waals surface area contributed by atoms with E-state index in [0.29, 0.717) is 0 Å². The predicted octanol–water partition coefficient (Wildman–Crippen LogP) is 12.4. The van der Waals surface area contributed by atoms with Crippen LogP contribution in [0.5, 0.6) is 0 Å². The van der Waals surface area contributed by atoms with E-state index in [1.165, 1.54) is 151 Å². The molecule has 0 amide bonds. The van der Waals surface area contributed by atoms with Crippen LogP contribution in [0.3, 0.4) is 0 Å². The molecule has 0 aliphatic rings. The highest BCUT2D eigenvalue weighted by Gasteiger charge is 2.02. The Morgan fingerprint density at radius 3 is 0.848 bits per heavy atom. The minimum atomic E-state index is 1.12. The molecule has 0 bridgehead atoms. The molecule has 3 aromatic rings. The molecule has 2 heterocycles. The van der Waals surface area contributed by atoms with Gasteiger partial charge in [0.1, 0.15) is 13.1 Å². The Labute approximate surface area is 283 Å². The molecule has 0 aliphatic heterocycles. The molecule has 0 unspecified atom stereocenters. The largest absolute Gasteiger partial charge is 0.205 e. The second-order valence-corrected chi connectivity index (χ2v) is 13.4. The Balaban J connectivity index is 1.28. The molecule has 250 valence electrons. The van der Waals surface area contributed by atoms with Gasteiger partial charge in [0.05, 0.1) is 0 Å². The second kappa shape index (κ2) is 25.1. The summed E-state index contributed by atoms with van der Waals surface area (Å²) in [6.45, 7) is 6.83. The number of hydrogen-bond acceptors (Lipinski definition) is 0. The minimum absolute atomic E-state index is 1.12. The zero-order chi connectivity index (χ0) is 32.3. The third-order valence-electron chi connectivity index (χ3n) is 9.25. The molecule has 46 heavy (non-hydrogen) atoms. The first-order chi connectivity index (χ1) is 22.8. The van der Waals surface area contributed by atoms with E-state index < -0.39 is 0 Å². The summed E-state index contributed by atoms with van der Waals surface area (Å²) in [5, 5.41) is 0. The van der Waals surface area contributed by atoms with E-state index in [-0.39, 0.29) is 0 Å². The van der Waals surface area contributed by atoms with Crippen LogP contribution in [-0.4, -0.2) is 0 Å². The smallest absolute Gasteiger partial charge is 0.169 e. The van der Waals surface area contributed by atoms with E-state index >= 15 is 0 Å². The van der Waals surface area contributed by atoms with Crippen LogP contribution in [0, 0.1) is 0 Å². The van der Waals surface area contributed by atoms with Crippen molar-refractivity contribution < 1.29 is 9.13 Å². The number of hydrogen-bond donors (Lipinski definition) is 0. The van der Waals surface area contributed by atoms with Crippen LogP contribution >= 0.6 is 0 Å². The summed E-state index contributed by atoms with van der Waals surface area (Å²) in [5.41, 5.74) is 4.95. The van der Waals surface area contributed by atoms with Gasteiger partial charge in [0.15, 0.2) is 24.8 Å². The van der Waals surface area contributed by atoms with Crippen molar-refractivity contribution in [1.82, 2.24) is 0 Å². The van der Waals surface area contributed by atoms with Gasteiger partial charge in [0.2, 0.25) is 0 Å². The predicted molar refractivity (Wildman–Crippen MR) is 201 cm³/mol. The van der Waals surface area contributed by atoms with Crippen molar-refractivity contribution in [2.24, 2.45) is 0 Å². The highest BCUT2D eigenvalue weighted by molar-refractivity contribution is 5.72. The van der Waals surface area contributed by atoms with Gasteiger partial charge in [-0.2, -0.15) is 0 Å². The molecular weight excluding hydrogens is 556 g/mol. The number of benzene rings is 1. The number of aromatic nitrogens is 2. The fourth-order valence-corrected chi connectivity index (χ4v) is 6.12. The van der Waals surface area contributed by atoms with Crippen LogP contribution in [0.2, 0.25) is 0 Å². The summed E-state index contributed by atoms with van der Waals surface area (Å²) in [7, 11) is 0. The maximum Gasteiger partial charge on any atom is 0.169 e. The van der Waals surface area contributed by atoms with E-state index in [4.69, 9.17) is 0 Å². The lowest BCUT2D eigenvalue weighted by Crippen LogP contribution is -2.32. The summed E-state index contributed by atoms with van der Waals surface area (Å²) in [5.74, 6) is 0. The van der Waals surface area contributed by atoms with Crippen LogP contribution in [0.4, 0.5) is 0 Å². The maximum absolute atomic E-state index is 2.33. The SMILES string of the molecule is CCCCCCCCCCCC[n+]1ccc(/C=C/c2ccc(/C=C/c3cc[n+](CCCCCCCCCCCC)cc3)cc2)cc1. The first-order valence-electron chi connectivity index (χ1n) is 19.2. The molecule has 0 aliphatic carbocycles. The fraction of sp³-hybridized carbons (Fsp3) is 0.545. The van der Waals surface area contributed by atoms with E-state index in [1.807, 2.05) is 0 Å². The second-order valence-electron chi connectivity index (χ2n) is 13.4. The number of aryl methyl sites for hydroxylation is 2. The fourth-order valence-electron chi connectivity index (χ4n) is 6.12. The van der Waals surface area contributed by atoms with Crippen LogP contribution in [-0.2, 0) is 13.1 Å². The molecule has 0 radical (unpaired) electrons. The maximum atomic E-state index is 2.33. The van der Waals surface area contributed by atoms with Crippen molar-refractivity contribution in [3.8, 4) is 0 Å². The molecule has 0 atom stereocenters. The van der Waals surface area contributed by atoms with Crippen molar-refractivity contribution in [1.29, 1.82) is 0 Å². The number of rotatable bonds is 26. The van der Waals surface area contributed by atoms with Crippen LogP contribution < -0.4 is 9.13 Å². The van der Waals surface area contributed by atoms with Gasteiger partial charge in [-0.25, -0.2) is 9.13 Å². The van der Waals surface area contributed by atoms with E-state index in [9.17, 15) is 0 Å². The molecule has 0 fully saturated rings. The first-order valence-corrected chi connectivity index (χ1v) is 19.2. The summed E-state index contributed by atoms with van der Waals surface area (Å²) in [6, 6.07) is 17.7. The van der Waals surface area contributed by atoms with E-state index in [0.717, 1.165) is 13.1 Å². The van der Waals surface area contributed by atoms with Gasteiger partial charge in [-0.1, -0.05) is 165 Å². The van der Waals surface area contributed by atoms with Crippen molar-refractivity contribution >= 4 is 24.3 Å². The monoisotopic (exact) mass is 623 g/mol. The molecule has 2 aromatic heterocycles. The van der Waals surface area contributed by atoms with Gasteiger partial charge in [0, 0.05) is 37.1 Å². The zero-order valence-corrected chi connectivity index (χ0v) is 29.7.